The lowest BCUT2D eigenvalue weighted by Crippen LogP contribution is -2.60. The predicted octanol–water partition coefficient (Wildman–Crippen LogP) is -2.55. The maximum absolute atomic E-state index is 13.6. The van der Waals surface area contributed by atoms with Gasteiger partial charge in [0.2, 0.25) is 41.4 Å². The summed E-state index contributed by atoms with van der Waals surface area (Å²) in [5.41, 5.74) is 10.6. The summed E-state index contributed by atoms with van der Waals surface area (Å²) >= 11 is 0. The van der Waals surface area contributed by atoms with E-state index in [0.29, 0.717) is 0 Å². The molecule has 0 aliphatic heterocycles. The summed E-state index contributed by atoms with van der Waals surface area (Å²) in [4.78, 5) is 112. The molecule has 0 saturated heterocycles. The Bertz CT molecular complexity index is 1240. The Morgan fingerprint density at radius 1 is 0.580 bits per heavy atom. The molecule has 0 aliphatic rings. The molecule has 0 fully saturated rings. The lowest BCUT2D eigenvalue weighted by Gasteiger charge is -2.29. The molecule has 19 nitrogen and oxygen atoms in total. The molecule has 19 heteroatoms. The number of nitrogens with one attached hydrogen (secondary N) is 6. The van der Waals surface area contributed by atoms with Gasteiger partial charge in [-0.3, -0.25) is 43.2 Å². The average molecular weight is 715 g/mol. The summed E-state index contributed by atoms with van der Waals surface area (Å²) in [6, 6.07) is -7.99. The standard InChI is InChI=1S/C31H54N8O11/c1-14(2)10-19(27(45)34-17(7)31(49)50)38-30(48)25(16(5)6)39-26(44)18(8-9-22(33)40)36-28(46)20(11-15(3)4)37-29(47)21(12-24(42)43)35-23(41)13-32/h14-21,25H,8-13,32H2,1-7H3,(H2,33,40)(H,34,45)(H,35,41)(H,36,46)(H,37,47)(H,38,48)(H,39,44)(H,42,43)(H,49,50). The van der Waals surface area contributed by atoms with Crippen LogP contribution in [-0.4, -0.2) is 106 Å². The molecule has 12 N–H and O–H groups in total. The largest absolute Gasteiger partial charge is 0.481 e. The quantitative estimate of drug-likeness (QED) is 0.0523. The molecular formula is C31H54N8O11. The molecule has 0 aromatic heterocycles. The number of carbonyl (C=O) groups is 9. The van der Waals surface area contributed by atoms with Gasteiger partial charge in [-0.1, -0.05) is 41.5 Å². The molecule has 0 heterocycles. The molecule has 0 rings (SSSR count). The molecule has 0 aromatic rings. The first kappa shape index (κ1) is 45.2. The minimum absolute atomic E-state index is 0.0170. The van der Waals surface area contributed by atoms with Crippen molar-refractivity contribution >= 4 is 53.3 Å². The van der Waals surface area contributed by atoms with Crippen molar-refractivity contribution in [2.24, 2.45) is 29.2 Å². The predicted molar refractivity (Wildman–Crippen MR) is 178 cm³/mol. The summed E-state index contributed by atoms with van der Waals surface area (Å²) in [6.45, 7) is 11.0. The lowest BCUT2D eigenvalue weighted by molar-refractivity contribution is -0.142. The van der Waals surface area contributed by atoms with E-state index in [4.69, 9.17) is 11.5 Å². The highest BCUT2D eigenvalue weighted by Gasteiger charge is 2.34. The average Bonchev–Trinajstić information content (AvgIpc) is 2.99. The van der Waals surface area contributed by atoms with E-state index in [0.717, 1.165) is 0 Å². The number of aliphatic carboxylic acids is 2. The number of hydrogen-bond acceptors (Lipinski definition) is 10. The molecule has 7 amide bonds. The maximum atomic E-state index is 13.6. The van der Waals surface area contributed by atoms with E-state index in [1.54, 1.807) is 41.5 Å². The van der Waals surface area contributed by atoms with Gasteiger partial charge in [-0.25, -0.2) is 0 Å². The van der Waals surface area contributed by atoms with Gasteiger partial charge < -0.3 is 53.6 Å². The Hall–Kier alpha value is -4.81. The van der Waals surface area contributed by atoms with E-state index in [9.17, 15) is 53.4 Å². The Morgan fingerprint density at radius 2 is 1.02 bits per heavy atom. The molecule has 50 heavy (non-hydrogen) atoms. The molecule has 0 bridgehead atoms. The molecular weight excluding hydrogens is 660 g/mol. The van der Waals surface area contributed by atoms with Crippen LogP contribution in [0.3, 0.4) is 0 Å². The van der Waals surface area contributed by atoms with Crippen LogP contribution >= 0.6 is 0 Å². The van der Waals surface area contributed by atoms with Gasteiger partial charge in [0, 0.05) is 6.42 Å². The van der Waals surface area contributed by atoms with Crippen molar-refractivity contribution in [3.63, 3.8) is 0 Å². The minimum Gasteiger partial charge on any atom is -0.481 e. The van der Waals surface area contributed by atoms with Crippen LogP contribution in [0, 0.1) is 17.8 Å². The molecule has 0 radical (unpaired) electrons. The molecule has 6 atom stereocenters. The van der Waals surface area contributed by atoms with Crippen molar-refractivity contribution in [3.8, 4) is 0 Å². The van der Waals surface area contributed by atoms with Crippen LogP contribution in [0.25, 0.3) is 0 Å². The first-order chi connectivity index (χ1) is 23.1. The third kappa shape index (κ3) is 17.5. The zero-order valence-corrected chi connectivity index (χ0v) is 29.7. The van der Waals surface area contributed by atoms with E-state index in [2.05, 4.69) is 31.9 Å². The minimum atomic E-state index is -1.57. The highest BCUT2D eigenvalue weighted by atomic mass is 16.4. The fourth-order valence-corrected chi connectivity index (χ4v) is 4.57. The summed E-state index contributed by atoms with van der Waals surface area (Å²) in [6.07, 6.45) is -1.31. The first-order valence-corrected chi connectivity index (χ1v) is 16.3. The van der Waals surface area contributed by atoms with Gasteiger partial charge in [0.15, 0.2) is 0 Å². The number of nitrogens with two attached hydrogens (primary N) is 2. The number of carboxylic acids is 2. The summed E-state index contributed by atoms with van der Waals surface area (Å²) in [5.74, 6) is -9.46. The van der Waals surface area contributed by atoms with Gasteiger partial charge in [-0.15, -0.1) is 0 Å². The van der Waals surface area contributed by atoms with E-state index >= 15 is 0 Å². The monoisotopic (exact) mass is 714 g/mol. The summed E-state index contributed by atoms with van der Waals surface area (Å²) < 4.78 is 0. The van der Waals surface area contributed by atoms with Gasteiger partial charge in [-0.2, -0.15) is 0 Å². The normalized spacial score (nSPS) is 14.7. The van der Waals surface area contributed by atoms with Gasteiger partial charge >= 0.3 is 11.9 Å². The molecule has 0 spiro atoms. The maximum Gasteiger partial charge on any atom is 0.325 e. The van der Waals surface area contributed by atoms with Crippen molar-refractivity contribution in [1.82, 2.24) is 31.9 Å². The third-order valence-electron chi connectivity index (χ3n) is 7.18. The van der Waals surface area contributed by atoms with Gasteiger partial charge in [0.05, 0.1) is 13.0 Å². The van der Waals surface area contributed by atoms with Gasteiger partial charge in [-0.05, 0) is 43.9 Å². The summed E-state index contributed by atoms with van der Waals surface area (Å²) in [7, 11) is 0. The van der Waals surface area contributed by atoms with E-state index in [-0.39, 0.29) is 37.5 Å². The number of carboxylic acid groups (broad SMARTS) is 2. The molecule has 0 aliphatic carbocycles. The van der Waals surface area contributed by atoms with Crippen LogP contribution in [0.15, 0.2) is 0 Å². The van der Waals surface area contributed by atoms with Crippen molar-refractivity contribution in [2.45, 2.75) is 117 Å². The Morgan fingerprint density at radius 3 is 1.44 bits per heavy atom. The van der Waals surface area contributed by atoms with E-state index < -0.39 is 108 Å². The number of hydrogen-bond donors (Lipinski definition) is 10. The number of amides is 7. The second kappa shape index (κ2) is 22.0. The Labute approximate surface area is 291 Å². The van der Waals surface area contributed by atoms with Crippen LogP contribution in [0.2, 0.25) is 0 Å². The fourth-order valence-electron chi connectivity index (χ4n) is 4.57. The molecule has 6 unspecified atom stereocenters. The van der Waals surface area contributed by atoms with E-state index in [1.165, 1.54) is 6.92 Å². The Balaban J connectivity index is 6.22. The van der Waals surface area contributed by atoms with Crippen LogP contribution in [-0.2, 0) is 43.2 Å². The second-order valence-electron chi connectivity index (χ2n) is 13.2. The topological polar surface area (TPSA) is 318 Å². The van der Waals surface area contributed by atoms with Gasteiger partial charge in [0.25, 0.3) is 0 Å². The highest BCUT2D eigenvalue weighted by molar-refractivity contribution is 5.97. The molecule has 284 valence electrons. The SMILES string of the molecule is CC(C)CC(NC(=O)C(CC(=O)O)NC(=O)CN)C(=O)NC(CCC(N)=O)C(=O)NC(C(=O)NC(CC(C)C)C(=O)NC(C)C(=O)O)C(C)C. The lowest BCUT2D eigenvalue weighted by atomic mass is 9.98. The number of carbonyl (C=O) groups excluding carboxylic acids is 7. The van der Waals surface area contributed by atoms with Crippen molar-refractivity contribution in [3.05, 3.63) is 0 Å². The van der Waals surface area contributed by atoms with E-state index in [1.807, 2.05) is 0 Å². The molecule has 0 saturated carbocycles. The Kier molecular flexibility index (Phi) is 19.9. The number of primary amides is 1. The smallest absolute Gasteiger partial charge is 0.325 e. The van der Waals surface area contributed by atoms with Crippen molar-refractivity contribution in [2.75, 3.05) is 6.54 Å². The van der Waals surface area contributed by atoms with Crippen LogP contribution in [0.1, 0.15) is 80.6 Å². The zero-order chi connectivity index (χ0) is 38.9. The first-order valence-electron chi connectivity index (χ1n) is 16.3. The summed E-state index contributed by atoms with van der Waals surface area (Å²) in [5, 5.41) is 32.9. The fraction of sp³-hybridized carbons (Fsp3) is 0.710. The van der Waals surface area contributed by atoms with Gasteiger partial charge in [0.1, 0.15) is 36.3 Å². The highest BCUT2D eigenvalue weighted by Crippen LogP contribution is 2.11. The van der Waals surface area contributed by atoms with Crippen LogP contribution in [0.5, 0.6) is 0 Å². The van der Waals surface area contributed by atoms with Crippen LogP contribution < -0.4 is 43.4 Å². The zero-order valence-electron chi connectivity index (χ0n) is 29.7. The van der Waals surface area contributed by atoms with Crippen LogP contribution in [0.4, 0.5) is 0 Å². The third-order valence-corrected chi connectivity index (χ3v) is 7.18. The number of rotatable bonds is 23. The second-order valence-corrected chi connectivity index (χ2v) is 13.2. The molecule has 0 aromatic carbocycles. The van der Waals surface area contributed by atoms with Crippen molar-refractivity contribution in [1.29, 1.82) is 0 Å². The van der Waals surface area contributed by atoms with Crippen molar-refractivity contribution < 1.29 is 53.4 Å².